The van der Waals surface area contributed by atoms with Crippen LogP contribution in [0, 0.1) is 28.6 Å². The van der Waals surface area contributed by atoms with Gasteiger partial charge in [-0.25, -0.2) is 0 Å². The van der Waals surface area contributed by atoms with Crippen molar-refractivity contribution in [3.05, 3.63) is 71.8 Å². The average Bonchev–Trinajstić information content (AvgIpc) is 3.12. The first-order chi connectivity index (χ1) is 15.6. The summed E-state index contributed by atoms with van der Waals surface area (Å²) in [6.45, 7) is 7.25. The van der Waals surface area contributed by atoms with E-state index in [1.807, 2.05) is 20.8 Å². The number of ether oxygens (including phenoxy) is 3. The Balaban J connectivity index is 1.88. The summed E-state index contributed by atoms with van der Waals surface area (Å²) in [6.07, 6.45) is 4.04. The van der Waals surface area contributed by atoms with E-state index >= 15 is 0 Å². The van der Waals surface area contributed by atoms with Gasteiger partial charge in [0, 0.05) is 26.2 Å². The zero-order chi connectivity index (χ0) is 22.9. The van der Waals surface area contributed by atoms with E-state index in [1.54, 1.807) is 0 Å². The molecule has 0 aromatic heterocycles. The van der Waals surface area contributed by atoms with Gasteiger partial charge in [0.05, 0.1) is 11.5 Å². The second kappa shape index (κ2) is 11.6. The third-order valence-electron chi connectivity index (χ3n) is 6.54. The smallest absolute Gasteiger partial charge is 0.284 e. The largest absolute Gasteiger partial charge is 0.328 e. The number of benzene rings is 2. The van der Waals surface area contributed by atoms with Gasteiger partial charge in [-0.15, -0.1) is 0 Å². The van der Waals surface area contributed by atoms with Crippen LogP contribution in [0.2, 0.25) is 0 Å². The molecule has 4 heteroatoms. The zero-order valence-electron chi connectivity index (χ0n) is 19.8. The van der Waals surface area contributed by atoms with E-state index < -0.39 is 11.4 Å². The van der Waals surface area contributed by atoms with Gasteiger partial charge >= 0.3 is 0 Å². The fraction of sp³-hybridized carbons (Fsp3) is 0.536. The van der Waals surface area contributed by atoms with Gasteiger partial charge in [-0.3, -0.25) is 0 Å². The second-order valence-corrected chi connectivity index (χ2v) is 8.86. The minimum atomic E-state index is -1.16. The van der Waals surface area contributed by atoms with Crippen molar-refractivity contribution in [3.8, 4) is 6.07 Å². The Hall–Kier alpha value is -2.19. The van der Waals surface area contributed by atoms with Crippen molar-refractivity contribution in [1.82, 2.24) is 0 Å². The first kappa shape index (κ1) is 24.5. The summed E-state index contributed by atoms with van der Waals surface area (Å²) in [5, 5.41) is 10.4. The molecule has 172 valence electrons. The molecule has 1 fully saturated rings. The van der Waals surface area contributed by atoms with Gasteiger partial charge in [-0.2, -0.15) is 5.26 Å². The molecule has 0 N–H and O–H groups in total. The lowest BCUT2D eigenvalue weighted by atomic mass is 9.81. The summed E-state index contributed by atoms with van der Waals surface area (Å²) in [6, 6.07) is 24.0. The lowest BCUT2D eigenvalue weighted by Crippen LogP contribution is -2.44. The Bertz CT molecular complexity index is 779. The van der Waals surface area contributed by atoms with Crippen LogP contribution in [0.4, 0.5) is 0 Å². The van der Waals surface area contributed by atoms with Crippen molar-refractivity contribution < 1.29 is 14.2 Å². The minimum Gasteiger partial charge on any atom is -0.328 e. The molecule has 0 spiro atoms. The highest BCUT2D eigenvalue weighted by molar-refractivity contribution is 5.20. The molecule has 0 aliphatic heterocycles. The van der Waals surface area contributed by atoms with E-state index in [-0.39, 0.29) is 0 Å². The fourth-order valence-corrected chi connectivity index (χ4v) is 5.36. The van der Waals surface area contributed by atoms with Crippen molar-refractivity contribution >= 4 is 0 Å². The van der Waals surface area contributed by atoms with Crippen LogP contribution in [0.15, 0.2) is 60.7 Å². The SMILES string of the molecule is CCOC(CC1(C#N)C[C@H](Cc2ccccc2)[C@@H](Cc2ccccc2)C1)(OCC)OCC. The van der Waals surface area contributed by atoms with E-state index in [2.05, 4.69) is 66.7 Å². The Morgan fingerprint density at radius 1 is 0.781 bits per heavy atom. The normalized spacial score (nSPS) is 20.2. The van der Waals surface area contributed by atoms with Gasteiger partial charge in [-0.05, 0) is 69.4 Å². The molecule has 2 atom stereocenters. The number of hydrogen-bond acceptors (Lipinski definition) is 4. The minimum absolute atomic E-state index is 0.417. The number of hydrogen-bond donors (Lipinski definition) is 0. The van der Waals surface area contributed by atoms with Crippen LogP contribution in [0.3, 0.4) is 0 Å². The van der Waals surface area contributed by atoms with Crippen LogP contribution in [0.5, 0.6) is 0 Å². The Morgan fingerprint density at radius 3 is 1.53 bits per heavy atom. The molecule has 1 aliphatic rings. The van der Waals surface area contributed by atoms with Crippen LogP contribution in [-0.2, 0) is 27.1 Å². The van der Waals surface area contributed by atoms with Gasteiger partial charge in [-0.1, -0.05) is 60.7 Å². The molecule has 0 bridgehead atoms. The lowest BCUT2D eigenvalue weighted by Gasteiger charge is -2.37. The van der Waals surface area contributed by atoms with Crippen LogP contribution >= 0.6 is 0 Å². The van der Waals surface area contributed by atoms with Crippen molar-refractivity contribution in [2.24, 2.45) is 17.3 Å². The summed E-state index contributed by atoms with van der Waals surface area (Å²) in [5.41, 5.74) is 2.11. The van der Waals surface area contributed by atoms with Crippen molar-refractivity contribution in [2.45, 2.75) is 58.8 Å². The molecule has 0 radical (unpaired) electrons. The van der Waals surface area contributed by atoms with Crippen molar-refractivity contribution in [1.29, 1.82) is 5.26 Å². The lowest BCUT2D eigenvalue weighted by molar-refractivity contribution is -0.386. The Labute approximate surface area is 193 Å². The number of rotatable bonds is 12. The van der Waals surface area contributed by atoms with Crippen LogP contribution in [-0.4, -0.2) is 25.8 Å². The first-order valence-electron chi connectivity index (χ1n) is 12.0. The van der Waals surface area contributed by atoms with Gasteiger partial charge < -0.3 is 14.2 Å². The molecule has 0 unspecified atom stereocenters. The molecule has 0 heterocycles. The van der Waals surface area contributed by atoms with E-state index in [9.17, 15) is 5.26 Å². The molecular weight excluding hydrogens is 398 g/mol. The molecule has 32 heavy (non-hydrogen) atoms. The molecule has 0 amide bonds. The molecule has 2 aromatic carbocycles. The maximum atomic E-state index is 10.4. The summed E-state index contributed by atoms with van der Waals surface area (Å²) in [5.74, 6) is -0.327. The Kier molecular flexibility index (Phi) is 8.87. The predicted octanol–water partition coefficient (Wildman–Crippen LogP) is 6.16. The van der Waals surface area contributed by atoms with E-state index in [1.165, 1.54) is 11.1 Å². The van der Waals surface area contributed by atoms with E-state index in [4.69, 9.17) is 14.2 Å². The van der Waals surface area contributed by atoms with E-state index in [0.29, 0.717) is 38.1 Å². The van der Waals surface area contributed by atoms with Gasteiger partial charge in [0.15, 0.2) is 0 Å². The van der Waals surface area contributed by atoms with Crippen LogP contribution in [0.1, 0.15) is 51.2 Å². The average molecular weight is 436 g/mol. The number of nitriles is 1. The highest BCUT2D eigenvalue weighted by atomic mass is 16.9. The molecule has 4 nitrogen and oxygen atoms in total. The number of nitrogens with zero attached hydrogens (tertiary/aromatic N) is 1. The van der Waals surface area contributed by atoms with Crippen molar-refractivity contribution in [2.75, 3.05) is 19.8 Å². The molecule has 1 saturated carbocycles. The third-order valence-corrected chi connectivity index (χ3v) is 6.54. The summed E-state index contributed by atoms with van der Waals surface area (Å²) < 4.78 is 18.0. The predicted molar refractivity (Wildman–Crippen MR) is 127 cm³/mol. The van der Waals surface area contributed by atoms with Gasteiger partial charge in [0.25, 0.3) is 5.97 Å². The summed E-state index contributed by atoms with van der Waals surface area (Å²) in [7, 11) is 0. The highest BCUT2D eigenvalue weighted by Gasteiger charge is 2.51. The maximum absolute atomic E-state index is 10.4. The summed E-state index contributed by atoms with van der Waals surface area (Å²) in [4.78, 5) is 0. The topological polar surface area (TPSA) is 51.5 Å². The fourth-order valence-electron chi connectivity index (χ4n) is 5.36. The van der Waals surface area contributed by atoms with Crippen LogP contribution in [0.25, 0.3) is 0 Å². The molecule has 1 aliphatic carbocycles. The highest BCUT2D eigenvalue weighted by Crippen LogP contribution is 2.52. The quantitative estimate of drug-likeness (QED) is 0.375. The maximum Gasteiger partial charge on any atom is 0.284 e. The zero-order valence-corrected chi connectivity index (χ0v) is 19.8. The first-order valence-corrected chi connectivity index (χ1v) is 12.0. The van der Waals surface area contributed by atoms with Gasteiger partial charge in [0.2, 0.25) is 0 Å². The monoisotopic (exact) mass is 435 g/mol. The van der Waals surface area contributed by atoms with Crippen molar-refractivity contribution in [3.63, 3.8) is 0 Å². The molecular formula is C28H37NO3. The molecule has 2 aromatic rings. The standard InChI is InChI=1S/C28H37NO3/c1-4-30-28(31-5-2,32-6-3)21-27(22-29)19-25(17-23-13-9-7-10-14-23)26(20-27)18-24-15-11-8-12-16-24/h7-16,25-26H,4-6,17-21H2,1-3H3/t25-,26-/m0/s1. The molecule has 0 saturated heterocycles. The second-order valence-electron chi connectivity index (χ2n) is 8.86. The molecule has 3 rings (SSSR count). The van der Waals surface area contributed by atoms with Crippen LogP contribution < -0.4 is 0 Å². The van der Waals surface area contributed by atoms with E-state index in [0.717, 1.165) is 25.7 Å². The Morgan fingerprint density at radius 2 is 1.19 bits per heavy atom. The summed E-state index contributed by atoms with van der Waals surface area (Å²) >= 11 is 0. The van der Waals surface area contributed by atoms with Gasteiger partial charge in [0.1, 0.15) is 0 Å². The third kappa shape index (κ3) is 6.19.